The van der Waals surface area contributed by atoms with Crippen LogP contribution >= 0.6 is 15.9 Å². The zero-order valence-electron chi connectivity index (χ0n) is 24.4. The lowest BCUT2D eigenvalue weighted by atomic mass is 9.99. The van der Waals surface area contributed by atoms with Gasteiger partial charge in [0, 0.05) is 37.4 Å². The zero-order valence-corrected chi connectivity index (χ0v) is 25.9. The molecular formula is C42H27BrN2. The number of para-hydroxylation sites is 2. The van der Waals surface area contributed by atoms with E-state index in [1.54, 1.807) is 0 Å². The lowest BCUT2D eigenvalue weighted by Gasteiger charge is -2.09. The number of hydrogen-bond acceptors (Lipinski definition) is 0. The molecule has 0 spiro atoms. The zero-order chi connectivity index (χ0) is 29.9. The topological polar surface area (TPSA) is 9.86 Å². The minimum Gasteiger partial charge on any atom is -0.309 e. The fourth-order valence-electron chi connectivity index (χ4n) is 6.89. The van der Waals surface area contributed by atoms with E-state index in [1.807, 2.05) is 0 Å². The summed E-state index contributed by atoms with van der Waals surface area (Å²) in [6, 6.07) is 59.3. The molecule has 2 heterocycles. The fourth-order valence-corrected chi connectivity index (χ4v) is 7.15. The van der Waals surface area contributed by atoms with Crippen LogP contribution in [0.1, 0.15) is 0 Å². The third-order valence-electron chi connectivity index (χ3n) is 8.98. The van der Waals surface area contributed by atoms with E-state index in [0.717, 1.165) is 10.2 Å². The number of rotatable bonds is 4. The van der Waals surface area contributed by atoms with Crippen LogP contribution in [0.15, 0.2) is 168 Å². The van der Waals surface area contributed by atoms with Crippen LogP contribution in [0, 0.1) is 0 Å². The first kappa shape index (κ1) is 26.1. The van der Waals surface area contributed by atoms with Gasteiger partial charge in [0.25, 0.3) is 0 Å². The Morgan fingerprint density at radius 3 is 1.31 bits per heavy atom. The van der Waals surface area contributed by atoms with Crippen molar-refractivity contribution >= 4 is 59.5 Å². The van der Waals surface area contributed by atoms with Gasteiger partial charge >= 0.3 is 0 Å². The first-order chi connectivity index (χ1) is 22.2. The highest BCUT2D eigenvalue weighted by Crippen LogP contribution is 2.39. The molecule has 0 aliphatic rings. The largest absolute Gasteiger partial charge is 0.309 e. The van der Waals surface area contributed by atoms with Crippen molar-refractivity contribution < 1.29 is 0 Å². The summed E-state index contributed by atoms with van der Waals surface area (Å²) < 4.78 is 5.83. The molecule has 0 saturated carbocycles. The van der Waals surface area contributed by atoms with Gasteiger partial charge in [0.2, 0.25) is 0 Å². The van der Waals surface area contributed by atoms with Gasteiger partial charge in [-0.05, 0) is 101 Å². The minimum absolute atomic E-state index is 1.08. The van der Waals surface area contributed by atoms with Crippen molar-refractivity contribution in [3.05, 3.63) is 168 Å². The molecule has 45 heavy (non-hydrogen) atoms. The quantitative estimate of drug-likeness (QED) is 0.181. The monoisotopic (exact) mass is 638 g/mol. The summed E-state index contributed by atoms with van der Waals surface area (Å²) in [4.78, 5) is 0. The molecule has 7 aromatic carbocycles. The minimum atomic E-state index is 1.08. The normalized spacial score (nSPS) is 11.7. The molecule has 9 rings (SSSR count). The number of benzene rings is 7. The second kappa shape index (κ2) is 10.4. The smallest absolute Gasteiger partial charge is 0.0541 e. The van der Waals surface area contributed by atoms with Crippen molar-refractivity contribution in [2.75, 3.05) is 0 Å². The maximum absolute atomic E-state index is 3.60. The lowest BCUT2D eigenvalue weighted by Crippen LogP contribution is -1.93. The standard InChI is InChI=1S/C42H27BrN2/c43-32-18-20-34(21-19-32)45-39-14-8-7-13-35(39)36-26-30(16-23-40(36)45)31-17-24-42-38(27-31)37-25-29(28-9-3-1-4-10-28)15-22-41(37)44(42)33-11-5-2-6-12-33/h1-27H. The SMILES string of the molecule is Brc1ccc(-n2c3ccccc3c3cc(-c4ccc5c(c4)c4cc(-c6ccccc6)ccc4n5-c4ccccc4)ccc32)cc1. The van der Waals surface area contributed by atoms with Gasteiger partial charge in [0.1, 0.15) is 0 Å². The van der Waals surface area contributed by atoms with Crippen LogP contribution in [-0.4, -0.2) is 9.13 Å². The highest BCUT2D eigenvalue weighted by atomic mass is 79.9. The molecule has 212 valence electrons. The van der Waals surface area contributed by atoms with Crippen molar-refractivity contribution in [1.82, 2.24) is 9.13 Å². The summed E-state index contributed by atoms with van der Waals surface area (Å²) >= 11 is 3.60. The summed E-state index contributed by atoms with van der Waals surface area (Å²) in [5, 5.41) is 5.02. The molecule has 2 nitrogen and oxygen atoms in total. The van der Waals surface area contributed by atoms with Crippen LogP contribution in [0.5, 0.6) is 0 Å². The van der Waals surface area contributed by atoms with Crippen LogP contribution in [0.3, 0.4) is 0 Å². The third kappa shape index (κ3) is 4.23. The van der Waals surface area contributed by atoms with E-state index in [1.165, 1.54) is 71.6 Å². The Labute approximate surface area is 269 Å². The average Bonchev–Trinajstić information content (AvgIpc) is 3.61. The predicted octanol–water partition coefficient (Wildman–Crippen LogP) is 12.0. The van der Waals surface area contributed by atoms with E-state index >= 15 is 0 Å². The summed E-state index contributed by atoms with van der Waals surface area (Å²) in [7, 11) is 0. The van der Waals surface area contributed by atoms with Gasteiger partial charge in [-0.25, -0.2) is 0 Å². The molecule has 0 bridgehead atoms. The van der Waals surface area contributed by atoms with Crippen molar-refractivity contribution in [2.24, 2.45) is 0 Å². The van der Waals surface area contributed by atoms with Crippen molar-refractivity contribution in [3.8, 4) is 33.6 Å². The van der Waals surface area contributed by atoms with Gasteiger partial charge in [0.05, 0.1) is 22.1 Å². The van der Waals surface area contributed by atoms with E-state index in [-0.39, 0.29) is 0 Å². The van der Waals surface area contributed by atoms with E-state index in [2.05, 4.69) is 189 Å². The van der Waals surface area contributed by atoms with Gasteiger partial charge in [-0.15, -0.1) is 0 Å². The van der Waals surface area contributed by atoms with Crippen LogP contribution in [-0.2, 0) is 0 Å². The Kier molecular flexibility index (Phi) is 6.00. The molecule has 3 heteroatoms. The summed E-state index contributed by atoms with van der Waals surface area (Å²) in [5.41, 5.74) is 12.0. The van der Waals surface area contributed by atoms with E-state index in [4.69, 9.17) is 0 Å². The Bertz CT molecular complexity index is 2520. The van der Waals surface area contributed by atoms with E-state index < -0.39 is 0 Å². The average molecular weight is 640 g/mol. The first-order valence-electron chi connectivity index (χ1n) is 15.2. The highest BCUT2D eigenvalue weighted by Gasteiger charge is 2.16. The molecule has 0 N–H and O–H groups in total. The number of fused-ring (bicyclic) bond motifs is 6. The Morgan fingerprint density at radius 1 is 0.311 bits per heavy atom. The summed E-state index contributed by atoms with van der Waals surface area (Å²) in [5.74, 6) is 0. The van der Waals surface area contributed by atoms with Crippen molar-refractivity contribution in [1.29, 1.82) is 0 Å². The second-order valence-corrected chi connectivity index (χ2v) is 12.5. The van der Waals surface area contributed by atoms with Gasteiger partial charge in [-0.2, -0.15) is 0 Å². The van der Waals surface area contributed by atoms with Gasteiger partial charge in [-0.3, -0.25) is 0 Å². The first-order valence-corrected chi connectivity index (χ1v) is 16.0. The third-order valence-corrected chi connectivity index (χ3v) is 9.51. The number of halogens is 1. The molecule has 0 unspecified atom stereocenters. The van der Waals surface area contributed by atoms with Crippen LogP contribution in [0.25, 0.3) is 77.2 Å². The molecule has 9 aromatic rings. The van der Waals surface area contributed by atoms with Gasteiger partial charge < -0.3 is 9.13 Å². The van der Waals surface area contributed by atoms with E-state index in [0.29, 0.717) is 0 Å². The molecule has 0 saturated heterocycles. The van der Waals surface area contributed by atoms with E-state index in [9.17, 15) is 0 Å². The predicted molar refractivity (Wildman–Crippen MR) is 194 cm³/mol. The maximum atomic E-state index is 3.60. The second-order valence-electron chi connectivity index (χ2n) is 11.6. The van der Waals surface area contributed by atoms with Crippen LogP contribution in [0.4, 0.5) is 0 Å². The summed E-state index contributed by atoms with van der Waals surface area (Å²) in [6.07, 6.45) is 0. The molecule has 2 aromatic heterocycles. The lowest BCUT2D eigenvalue weighted by molar-refractivity contribution is 1.18. The maximum Gasteiger partial charge on any atom is 0.0541 e. The Hall–Kier alpha value is -5.38. The molecular weight excluding hydrogens is 612 g/mol. The summed E-state index contributed by atoms with van der Waals surface area (Å²) in [6.45, 7) is 0. The van der Waals surface area contributed by atoms with Crippen molar-refractivity contribution in [3.63, 3.8) is 0 Å². The van der Waals surface area contributed by atoms with Crippen molar-refractivity contribution in [2.45, 2.75) is 0 Å². The van der Waals surface area contributed by atoms with Crippen LogP contribution < -0.4 is 0 Å². The van der Waals surface area contributed by atoms with Gasteiger partial charge in [-0.1, -0.05) is 101 Å². The fraction of sp³-hybridized carbons (Fsp3) is 0. The highest BCUT2D eigenvalue weighted by molar-refractivity contribution is 9.10. The molecule has 0 radical (unpaired) electrons. The number of hydrogen-bond donors (Lipinski definition) is 0. The molecule has 0 aliphatic carbocycles. The molecule has 0 aliphatic heterocycles. The molecule has 0 atom stereocenters. The Balaban J connectivity index is 1.27. The molecule has 0 fully saturated rings. The number of aromatic nitrogens is 2. The van der Waals surface area contributed by atoms with Crippen LogP contribution in [0.2, 0.25) is 0 Å². The Morgan fingerprint density at radius 2 is 0.733 bits per heavy atom. The number of nitrogens with zero attached hydrogens (tertiary/aromatic N) is 2. The van der Waals surface area contributed by atoms with Gasteiger partial charge in [0.15, 0.2) is 0 Å². The molecule has 0 amide bonds.